The number of unbranched alkanes of at least 4 members (excludes halogenated alkanes) is 1. The van der Waals surface area contributed by atoms with E-state index >= 15 is 0 Å². The van der Waals surface area contributed by atoms with Crippen LogP contribution in [0.15, 0.2) is 0 Å². The van der Waals surface area contributed by atoms with Gasteiger partial charge in [-0.1, -0.05) is 33.1 Å². The second-order valence-corrected chi connectivity index (χ2v) is 6.07. The van der Waals surface area contributed by atoms with Crippen LogP contribution in [-0.4, -0.2) is 49.5 Å². The van der Waals surface area contributed by atoms with E-state index in [9.17, 15) is 9.90 Å². The Morgan fingerprint density at radius 1 is 1.43 bits per heavy atom. The third kappa shape index (κ3) is 8.39. The van der Waals surface area contributed by atoms with Crippen molar-refractivity contribution in [3.05, 3.63) is 0 Å². The number of ether oxygens (including phenoxy) is 1. The van der Waals surface area contributed by atoms with Crippen molar-refractivity contribution in [2.24, 2.45) is 5.92 Å². The van der Waals surface area contributed by atoms with Crippen molar-refractivity contribution in [3.8, 4) is 0 Å². The van der Waals surface area contributed by atoms with Crippen LogP contribution in [0.5, 0.6) is 0 Å². The third-order valence-electron chi connectivity index (χ3n) is 4.06. The SMILES string of the molecule is CCCCC(CC)COCC(O)CNCC1CCC(=O)N1. The van der Waals surface area contributed by atoms with Gasteiger partial charge in [0.2, 0.25) is 5.91 Å². The Hall–Kier alpha value is -0.650. The van der Waals surface area contributed by atoms with Crippen LogP contribution in [0.1, 0.15) is 52.4 Å². The molecular weight excluding hydrogens is 268 g/mol. The Kier molecular flexibility index (Phi) is 9.63. The number of amides is 1. The molecule has 0 aromatic carbocycles. The zero-order valence-electron chi connectivity index (χ0n) is 13.6. The van der Waals surface area contributed by atoms with E-state index in [1.54, 1.807) is 0 Å². The summed E-state index contributed by atoms with van der Waals surface area (Å²) in [6.45, 7) is 6.75. The van der Waals surface area contributed by atoms with Gasteiger partial charge in [0.25, 0.3) is 0 Å². The van der Waals surface area contributed by atoms with Gasteiger partial charge in [-0.3, -0.25) is 4.79 Å². The van der Waals surface area contributed by atoms with Crippen LogP contribution in [0.4, 0.5) is 0 Å². The molecule has 1 aliphatic heterocycles. The van der Waals surface area contributed by atoms with E-state index in [-0.39, 0.29) is 11.9 Å². The Morgan fingerprint density at radius 2 is 2.24 bits per heavy atom. The summed E-state index contributed by atoms with van der Waals surface area (Å²) in [4.78, 5) is 11.1. The van der Waals surface area contributed by atoms with E-state index in [4.69, 9.17) is 4.74 Å². The quantitative estimate of drug-likeness (QED) is 0.510. The maximum atomic E-state index is 11.1. The predicted octanol–water partition coefficient (Wildman–Crippen LogP) is 1.45. The maximum absolute atomic E-state index is 11.1. The zero-order valence-corrected chi connectivity index (χ0v) is 13.6. The van der Waals surface area contributed by atoms with Crippen molar-refractivity contribution in [3.63, 3.8) is 0 Å². The van der Waals surface area contributed by atoms with Crippen molar-refractivity contribution >= 4 is 5.91 Å². The number of hydrogen-bond acceptors (Lipinski definition) is 4. The minimum Gasteiger partial charge on any atom is -0.389 e. The number of carbonyl (C=O) groups is 1. The van der Waals surface area contributed by atoms with Gasteiger partial charge in [-0.25, -0.2) is 0 Å². The number of hydrogen-bond donors (Lipinski definition) is 3. The highest BCUT2D eigenvalue weighted by Crippen LogP contribution is 2.12. The highest BCUT2D eigenvalue weighted by atomic mass is 16.5. The summed E-state index contributed by atoms with van der Waals surface area (Å²) in [6.07, 6.45) is 5.84. The second-order valence-electron chi connectivity index (χ2n) is 6.07. The molecule has 5 heteroatoms. The molecule has 0 spiro atoms. The number of aliphatic hydroxyl groups is 1. The van der Waals surface area contributed by atoms with E-state index < -0.39 is 6.10 Å². The topological polar surface area (TPSA) is 70.6 Å². The summed E-state index contributed by atoms with van der Waals surface area (Å²) in [5, 5.41) is 15.9. The fourth-order valence-corrected chi connectivity index (χ4v) is 2.58. The monoisotopic (exact) mass is 300 g/mol. The van der Waals surface area contributed by atoms with Gasteiger partial charge in [-0.2, -0.15) is 0 Å². The molecule has 0 radical (unpaired) electrons. The molecule has 3 unspecified atom stereocenters. The van der Waals surface area contributed by atoms with E-state index in [0.29, 0.717) is 25.5 Å². The van der Waals surface area contributed by atoms with Crippen LogP contribution in [0.2, 0.25) is 0 Å². The summed E-state index contributed by atoms with van der Waals surface area (Å²) in [7, 11) is 0. The Bertz CT molecular complexity index is 287. The first-order chi connectivity index (χ1) is 10.2. The molecule has 3 atom stereocenters. The van der Waals surface area contributed by atoms with Gasteiger partial charge < -0.3 is 20.5 Å². The van der Waals surface area contributed by atoms with Gasteiger partial charge >= 0.3 is 0 Å². The van der Waals surface area contributed by atoms with E-state index in [1.807, 2.05) is 0 Å². The molecule has 124 valence electrons. The van der Waals surface area contributed by atoms with Gasteiger partial charge in [0.15, 0.2) is 0 Å². The molecule has 0 bridgehead atoms. The summed E-state index contributed by atoms with van der Waals surface area (Å²) < 4.78 is 5.63. The lowest BCUT2D eigenvalue weighted by molar-refractivity contribution is -0.119. The Labute approximate surface area is 128 Å². The van der Waals surface area contributed by atoms with Crippen LogP contribution < -0.4 is 10.6 Å². The molecule has 0 aromatic heterocycles. The molecule has 3 N–H and O–H groups in total. The molecule has 1 amide bonds. The number of carbonyl (C=O) groups excluding carboxylic acids is 1. The van der Waals surface area contributed by atoms with Crippen LogP contribution in [0.25, 0.3) is 0 Å². The van der Waals surface area contributed by atoms with E-state index in [1.165, 1.54) is 19.3 Å². The van der Waals surface area contributed by atoms with Crippen molar-refractivity contribution in [1.82, 2.24) is 10.6 Å². The van der Waals surface area contributed by atoms with Gasteiger partial charge in [0.1, 0.15) is 0 Å². The van der Waals surface area contributed by atoms with Gasteiger partial charge in [-0.05, 0) is 18.8 Å². The first kappa shape index (κ1) is 18.4. The second kappa shape index (κ2) is 11.0. The molecule has 1 heterocycles. The average Bonchev–Trinajstić information content (AvgIpc) is 2.88. The Balaban J connectivity index is 2.00. The molecule has 1 saturated heterocycles. The van der Waals surface area contributed by atoms with Crippen molar-refractivity contribution in [2.45, 2.75) is 64.5 Å². The summed E-state index contributed by atoms with van der Waals surface area (Å²) in [6, 6.07) is 0.212. The van der Waals surface area contributed by atoms with E-state index in [0.717, 1.165) is 26.0 Å². The smallest absolute Gasteiger partial charge is 0.220 e. The first-order valence-corrected chi connectivity index (χ1v) is 8.41. The highest BCUT2D eigenvalue weighted by molar-refractivity contribution is 5.78. The molecule has 5 nitrogen and oxygen atoms in total. The molecule has 0 aliphatic carbocycles. The van der Waals surface area contributed by atoms with Crippen LogP contribution in [0.3, 0.4) is 0 Å². The van der Waals surface area contributed by atoms with Crippen molar-refractivity contribution in [1.29, 1.82) is 0 Å². The zero-order chi connectivity index (χ0) is 15.5. The third-order valence-corrected chi connectivity index (χ3v) is 4.06. The normalized spacial score (nSPS) is 21.3. The fourth-order valence-electron chi connectivity index (χ4n) is 2.58. The number of rotatable bonds is 12. The van der Waals surface area contributed by atoms with Crippen LogP contribution >= 0.6 is 0 Å². The van der Waals surface area contributed by atoms with Crippen molar-refractivity contribution in [2.75, 3.05) is 26.3 Å². The van der Waals surface area contributed by atoms with Crippen LogP contribution in [0, 0.1) is 5.92 Å². The largest absolute Gasteiger partial charge is 0.389 e. The molecule has 1 fully saturated rings. The van der Waals surface area contributed by atoms with Gasteiger partial charge in [-0.15, -0.1) is 0 Å². The average molecular weight is 300 g/mol. The molecule has 0 aromatic rings. The minimum atomic E-state index is -0.481. The number of nitrogens with one attached hydrogen (secondary N) is 2. The number of aliphatic hydroxyl groups excluding tert-OH is 1. The fraction of sp³-hybridized carbons (Fsp3) is 0.938. The summed E-state index contributed by atoms with van der Waals surface area (Å²) in [5.74, 6) is 0.738. The molecule has 1 rings (SSSR count). The standard InChI is InChI=1S/C16H32N2O3/c1-3-5-6-13(4-2)11-21-12-15(19)10-17-9-14-7-8-16(20)18-14/h13-15,17,19H,3-12H2,1-2H3,(H,18,20). The van der Waals surface area contributed by atoms with Crippen LogP contribution in [-0.2, 0) is 9.53 Å². The lowest BCUT2D eigenvalue weighted by Gasteiger charge is -2.18. The molecular formula is C16H32N2O3. The summed E-state index contributed by atoms with van der Waals surface area (Å²) >= 11 is 0. The minimum absolute atomic E-state index is 0.128. The Morgan fingerprint density at radius 3 is 2.86 bits per heavy atom. The summed E-state index contributed by atoms with van der Waals surface area (Å²) in [5.41, 5.74) is 0. The van der Waals surface area contributed by atoms with Gasteiger partial charge in [0.05, 0.1) is 12.7 Å². The molecule has 0 saturated carbocycles. The first-order valence-electron chi connectivity index (χ1n) is 8.41. The molecule has 21 heavy (non-hydrogen) atoms. The molecule has 1 aliphatic rings. The lowest BCUT2D eigenvalue weighted by atomic mass is 10.0. The maximum Gasteiger partial charge on any atom is 0.220 e. The highest BCUT2D eigenvalue weighted by Gasteiger charge is 2.20. The van der Waals surface area contributed by atoms with Gasteiger partial charge in [0, 0.05) is 32.2 Å². The van der Waals surface area contributed by atoms with E-state index in [2.05, 4.69) is 24.5 Å². The van der Waals surface area contributed by atoms with Crippen molar-refractivity contribution < 1.29 is 14.6 Å². The lowest BCUT2D eigenvalue weighted by Crippen LogP contribution is -2.39. The predicted molar refractivity (Wildman–Crippen MR) is 84.2 cm³/mol.